The second-order valence-electron chi connectivity index (χ2n) is 16.3. The summed E-state index contributed by atoms with van der Waals surface area (Å²) in [5, 5.41) is 42.6. The largest absolute Gasteiger partial charge is 2.00 e. The van der Waals surface area contributed by atoms with Gasteiger partial charge in [0.25, 0.3) is 0 Å². The van der Waals surface area contributed by atoms with Gasteiger partial charge in [0.15, 0.2) is 0 Å². The number of ether oxygens (including phenoxy) is 2. The van der Waals surface area contributed by atoms with Gasteiger partial charge >= 0.3 is 48.9 Å². The Morgan fingerprint density at radius 3 is 1.00 bits per heavy atom. The Balaban J connectivity index is 0.00000112. The van der Waals surface area contributed by atoms with E-state index >= 15 is 0 Å². The van der Waals surface area contributed by atoms with Crippen LogP contribution in [0.2, 0.25) is 0 Å². The molecule has 0 aromatic heterocycles. The summed E-state index contributed by atoms with van der Waals surface area (Å²) in [6.07, 6.45) is 27.4. The maximum absolute atomic E-state index is 10.8. The first kappa shape index (κ1) is 57.8. The van der Waals surface area contributed by atoms with E-state index in [1.165, 1.54) is 116 Å². The molecule has 9 heteroatoms. The Hall–Kier alpha value is -1.21. The summed E-state index contributed by atoms with van der Waals surface area (Å²) in [6, 6.07) is 19.5. The SMILES string of the molecule is CCCCCCCCCCCCCC(O)C(CCC(=O)[O-])OCc1ccccc1.CCCCCCCCCCCCCC(O)C(CCC(=O)[O-])OCc1ccccc1.[Ba+2]. The van der Waals surface area contributed by atoms with Gasteiger partial charge < -0.3 is 39.5 Å². The van der Waals surface area contributed by atoms with Crippen LogP contribution in [0.5, 0.6) is 0 Å². The normalized spacial score (nSPS) is 13.1. The number of carboxylic acid groups (broad SMARTS) is 2. The van der Waals surface area contributed by atoms with Crippen LogP contribution < -0.4 is 10.2 Å². The number of hydrogen-bond acceptors (Lipinski definition) is 8. The smallest absolute Gasteiger partial charge is 0.550 e. The van der Waals surface area contributed by atoms with Gasteiger partial charge in [0.05, 0.1) is 37.6 Å². The molecule has 2 aromatic carbocycles. The van der Waals surface area contributed by atoms with E-state index < -0.39 is 36.4 Å². The van der Waals surface area contributed by atoms with E-state index in [4.69, 9.17) is 9.47 Å². The van der Waals surface area contributed by atoms with Crippen LogP contribution in [0.1, 0.15) is 205 Å². The summed E-state index contributed by atoms with van der Waals surface area (Å²) in [5.74, 6) is -2.19. The van der Waals surface area contributed by atoms with Crippen LogP contribution in [-0.4, -0.2) is 95.4 Å². The number of carboxylic acids is 2. The van der Waals surface area contributed by atoms with Crippen molar-refractivity contribution in [2.75, 3.05) is 0 Å². The third-order valence-corrected chi connectivity index (χ3v) is 10.9. The first-order chi connectivity index (χ1) is 28.3. The fourth-order valence-electron chi connectivity index (χ4n) is 7.26. The van der Waals surface area contributed by atoms with Gasteiger partial charge in [-0.25, -0.2) is 0 Å². The fraction of sp³-hybridized carbons (Fsp3) is 0.720. The van der Waals surface area contributed by atoms with Crippen LogP contribution >= 0.6 is 0 Å². The molecule has 8 nitrogen and oxygen atoms in total. The maximum Gasteiger partial charge on any atom is 2.00 e. The van der Waals surface area contributed by atoms with Gasteiger partial charge in [0.2, 0.25) is 0 Å². The van der Waals surface area contributed by atoms with E-state index in [-0.39, 0.29) is 74.6 Å². The van der Waals surface area contributed by atoms with Gasteiger partial charge in [-0.2, -0.15) is 0 Å². The van der Waals surface area contributed by atoms with E-state index in [2.05, 4.69) is 13.8 Å². The molecule has 0 bridgehead atoms. The number of aliphatic hydroxyl groups is 2. The van der Waals surface area contributed by atoms with Gasteiger partial charge in [-0.3, -0.25) is 0 Å². The molecule has 0 spiro atoms. The van der Waals surface area contributed by atoms with E-state index in [0.717, 1.165) is 36.8 Å². The summed E-state index contributed by atoms with van der Waals surface area (Å²) in [6.45, 7) is 5.26. The average Bonchev–Trinajstić information content (AvgIpc) is 3.22. The Morgan fingerprint density at radius 2 is 0.729 bits per heavy atom. The summed E-state index contributed by atoms with van der Waals surface area (Å²) >= 11 is 0. The molecule has 0 saturated heterocycles. The molecule has 0 fully saturated rings. The number of unbranched alkanes of at least 4 members (excludes halogenated alkanes) is 20. The molecule has 0 saturated carbocycles. The van der Waals surface area contributed by atoms with Crippen molar-refractivity contribution in [2.24, 2.45) is 0 Å². The molecule has 4 unspecified atom stereocenters. The zero-order valence-corrected chi connectivity index (χ0v) is 41.8. The van der Waals surface area contributed by atoms with Crippen molar-refractivity contribution < 1.29 is 39.5 Å². The molecule has 59 heavy (non-hydrogen) atoms. The van der Waals surface area contributed by atoms with E-state index in [1.807, 2.05) is 60.7 Å². The Bertz CT molecular complexity index is 1110. The van der Waals surface area contributed by atoms with Crippen LogP contribution in [0.4, 0.5) is 0 Å². The number of carbonyl (C=O) groups is 2. The molecule has 2 rings (SSSR count). The number of rotatable bonds is 38. The second-order valence-corrected chi connectivity index (χ2v) is 16.3. The van der Waals surface area contributed by atoms with Crippen LogP contribution in [0.25, 0.3) is 0 Å². The quantitative estimate of drug-likeness (QED) is 0.0501. The van der Waals surface area contributed by atoms with Gasteiger partial charge in [-0.1, -0.05) is 216 Å². The zero-order chi connectivity index (χ0) is 42.3. The maximum atomic E-state index is 10.8. The minimum Gasteiger partial charge on any atom is -0.550 e. The van der Waals surface area contributed by atoms with E-state index in [1.54, 1.807) is 0 Å². The molecule has 0 aliphatic heterocycles. The molecule has 0 radical (unpaired) electrons. The van der Waals surface area contributed by atoms with Gasteiger partial charge in [-0.05, 0) is 49.7 Å². The summed E-state index contributed by atoms with van der Waals surface area (Å²) in [5.41, 5.74) is 2.04. The fourth-order valence-corrected chi connectivity index (χ4v) is 7.26. The van der Waals surface area contributed by atoms with Crippen LogP contribution in [0.3, 0.4) is 0 Å². The minimum absolute atomic E-state index is 0. The zero-order valence-electron chi connectivity index (χ0n) is 37.3. The Morgan fingerprint density at radius 1 is 0.458 bits per heavy atom. The summed E-state index contributed by atoms with van der Waals surface area (Å²) in [7, 11) is 0. The number of aliphatic carboxylic acids is 2. The number of carbonyl (C=O) groups excluding carboxylic acids is 2. The predicted molar refractivity (Wildman–Crippen MR) is 238 cm³/mol. The van der Waals surface area contributed by atoms with Crippen molar-refractivity contribution in [3.8, 4) is 0 Å². The molecule has 0 heterocycles. The molecule has 332 valence electrons. The van der Waals surface area contributed by atoms with Crippen molar-refractivity contribution in [2.45, 2.75) is 231 Å². The molecule has 2 N–H and O–H groups in total. The molecule has 2 aromatic rings. The third-order valence-electron chi connectivity index (χ3n) is 10.9. The number of benzene rings is 2. The van der Waals surface area contributed by atoms with E-state index in [9.17, 15) is 30.0 Å². The topological polar surface area (TPSA) is 139 Å². The van der Waals surface area contributed by atoms with Crippen molar-refractivity contribution in [1.29, 1.82) is 0 Å². The molecular formula is C50H82BaO8. The van der Waals surface area contributed by atoms with Gasteiger partial charge in [-0.15, -0.1) is 0 Å². The molecule has 0 amide bonds. The van der Waals surface area contributed by atoms with Crippen molar-refractivity contribution in [3.63, 3.8) is 0 Å². The minimum atomic E-state index is -1.10. The van der Waals surface area contributed by atoms with Crippen LogP contribution in [0, 0.1) is 0 Å². The van der Waals surface area contributed by atoms with Crippen LogP contribution in [0.15, 0.2) is 60.7 Å². The summed E-state index contributed by atoms with van der Waals surface area (Å²) in [4.78, 5) is 21.6. The molecule has 0 aliphatic carbocycles. The number of aliphatic hydroxyl groups excluding tert-OH is 2. The predicted octanol–water partition coefficient (Wildman–Crippen LogP) is 9.95. The van der Waals surface area contributed by atoms with E-state index in [0.29, 0.717) is 26.1 Å². The second kappa shape index (κ2) is 42.1. The average molecular weight is 949 g/mol. The Labute approximate surface area is 400 Å². The standard InChI is InChI=1S/2C25H42O4.Ba/c2*1-2-3-4-5-6-7-8-9-10-11-15-18-23(26)24(19-20-25(27)28)29-21-22-16-13-12-14-17-22;/h2*12-14,16-17,23-24,26H,2-11,15,18-21H2,1H3,(H,27,28);/q;;+2/p-2. The first-order valence-corrected chi connectivity index (χ1v) is 23.3. The molecule has 0 aliphatic rings. The van der Waals surface area contributed by atoms with Gasteiger partial charge in [0, 0.05) is 11.9 Å². The molecular weight excluding hydrogens is 866 g/mol. The molecule has 4 atom stereocenters. The first-order valence-electron chi connectivity index (χ1n) is 23.3. The number of hydrogen-bond donors (Lipinski definition) is 2. The third kappa shape index (κ3) is 36.0. The monoisotopic (exact) mass is 949 g/mol. The van der Waals surface area contributed by atoms with Crippen molar-refractivity contribution in [3.05, 3.63) is 71.8 Å². The van der Waals surface area contributed by atoms with Crippen LogP contribution in [-0.2, 0) is 32.3 Å². The van der Waals surface area contributed by atoms with Crippen molar-refractivity contribution in [1.82, 2.24) is 0 Å². The van der Waals surface area contributed by atoms with Gasteiger partial charge in [0.1, 0.15) is 0 Å². The Kier molecular flexibility index (Phi) is 41.2. The summed E-state index contributed by atoms with van der Waals surface area (Å²) < 4.78 is 11.7. The van der Waals surface area contributed by atoms with Crippen molar-refractivity contribution >= 4 is 60.8 Å².